The largest absolute Gasteiger partial charge is 0.495 e. The Hall–Kier alpha value is -5.61. The zero-order valence-corrected chi connectivity index (χ0v) is 28.0. The Morgan fingerprint density at radius 3 is 1.65 bits per heavy atom. The molecular formula is C38H39ClN4O6. The summed E-state index contributed by atoms with van der Waals surface area (Å²) in [6.07, 6.45) is 7.24. The SMILES string of the molecule is C.COC(=O)c1ccnc(C)c1.COC(=O)c1ccnc(Cc2ccc3ncc(OC)cc3c2)c1.COc1cnc2ccc(CCl)cc2c1. The minimum absolute atomic E-state index is 0. The van der Waals surface area contributed by atoms with Gasteiger partial charge in [0.15, 0.2) is 0 Å². The number of alkyl halides is 1. The number of hydrogen-bond donors (Lipinski definition) is 0. The number of pyridine rings is 4. The predicted molar refractivity (Wildman–Crippen MR) is 192 cm³/mol. The molecule has 0 saturated carbocycles. The van der Waals surface area contributed by atoms with Gasteiger partial charge in [0.1, 0.15) is 11.5 Å². The van der Waals surface area contributed by atoms with E-state index in [0.29, 0.717) is 23.4 Å². The van der Waals surface area contributed by atoms with Gasteiger partial charge in [0.25, 0.3) is 0 Å². The van der Waals surface area contributed by atoms with Gasteiger partial charge in [-0.15, -0.1) is 11.6 Å². The Morgan fingerprint density at radius 2 is 1.14 bits per heavy atom. The molecule has 0 saturated heterocycles. The van der Waals surface area contributed by atoms with Gasteiger partial charge in [-0.2, -0.15) is 0 Å². The molecule has 0 amide bonds. The van der Waals surface area contributed by atoms with E-state index in [2.05, 4.69) is 30.7 Å². The molecule has 4 heterocycles. The van der Waals surface area contributed by atoms with Crippen LogP contribution in [-0.4, -0.2) is 60.3 Å². The van der Waals surface area contributed by atoms with Gasteiger partial charge in [0.2, 0.25) is 0 Å². The fraction of sp³-hybridized carbons (Fsp3) is 0.211. The smallest absolute Gasteiger partial charge is 0.337 e. The number of fused-ring (bicyclic) bond motifs is 2. The third-order valence-electron chi connectivity index (χ3n) is 7.01. The summed E-state index contributed by atoms with van der Waals surface area (Å²) in [6, 6.07) is 22.6. The molecule has 0 atom stereocenters. The van der Waals surface area contributed by atoms with Gasteiger partial charge < -0.3 is 18.9 Å². The minimum atomic E-state index is -0.360. The number of hydrogen-bond acceptors (Lipinski definition) is 10. The van der Waals surface area contributed by atoms with E-state index in [1.54, 1.807) is 63.3 Å². The third-order valence-corrected chi connectivity index (χ3v) is 7.32. The lowest BCUT2D eigenvalue weighted by Crippen LogP contribution is -2.03. The molecule has 49 heavy (non-hydrogen) atoms. The average Bonchev–Trinajstić information content (AvgIpc) is 3.13. The highest BCUT2D eigenvalue weighted by Crippen LogP contribution is 2.22. The van der Waals surface area contributed by atoms with Crippen LogP contribution in [0.5, 0.6) is 11.5 Å². The number of halogens is 1. The first-order chi connectivity index (χ1) is 23.3. The van der Waals surface area contributed by atoms with Crippen molar-refractivity contribution >= 4 is 45.3 Å². The van der Waals surface area contributed by atoms with E-state index in [0.717, 1.165) is 55.8 Å². The number of aryl methyl sites for hydroxylation is 1. The molecule has 0 fully saturated rings. The molecule has 0 aliphatic rings. The molecule has 11 heteroatoms. The number of benzene rings is 2. The van der Waals surface area contributed by atoms with Crippen molar-refractivity contribution in [1.29, 1.82) is 0 Å². The van der Waals surface area contributed by atoms with Crippen LogP contribution >= 0.6 is 11.6 Å². The van der Waals surface area contributed by atoms with E-state index in [9.17, 15) is 9.59 Å². The van der Waals surface area contributed by atoms with Crippen LogP contribution in [-0.2, 0) is 21.8 Å². The molecule has 10 nitrogen and oxygen atoms in total. The lowest BCUT2D eigenvalue weighted by Gasteiger charge is -2.06. The van der Waals surface area contributed by atoms with Crippen molar-refractivity contribution in [3.8, 4) is 11.5 Å². The Kier molecular flexibility index (Phi) is 14.4. The maximum atomic E-state index is 11.6. The predicted octanol–water partition coefficient (Wildman–Crippen LogP) is 7.81. The van der Waals surface area contributed by atoms with Gasteiger partial charge in [0.05, 0.1) is 63.0 Å². The monoisotopic (exact) mass is 682 g/mol. The number of rotatable bonds is 7. The number of carbonyl (C=O) groups excluding carboxylic acids is 2. The molecular weight excluding hydrogens is 644 g/mol. The molecule has 0 N–H and O–H groups in total. The molecule has 0 aliphatic heterocycles. The minimum Gasteiger partial charge on any atom is -0.495 e. The number of esters is 2. The number of carbonyl (C=O) groups is 2. The quantitative estimate of drug-likeness (QED) is 0.122. The Morgan fingerprint density at radius 1 is 0.633 bits per heavy atom. The van der Waals surface area contributed by atoms with Crippen LogP contribution in [0.3, 0.4) is 0 Å². The van der Waals surface area contributed by atoms with Crippen molar-refractivity contribution < 1.29 is 28.5 Å². The van der Waals surface area contributed by atoms with E-state index < -0.39 is 0 Å². The van der Waals surface area contributed by atoms with Crippen LogP contribution in [0.1, 0.15) is 50.7 Å². The standard InChI is InChI=1S/C18H16N2O3.C11H10ClNO.C8H9NO2.CH4/c1-22-16-10-14-7-12(3-4-17(14)20-11-16)8-15-9-13(5-6-19-15)18(21)23-2;1-14-10-5-9-4-8(6-12)2-3-11(9)13-7-10;1-6-5-7(3-4-9-6)8(10)11-2;/h3-7,9-11H,8H2,1-2H3;2-5,7H,6H2,1H3;3-5H,1-2H3;1H4. The Labute approximate surface area is 291 Å². The Bertz CT molecular complexity index is 1980. The zero-order valence-electron chi connectivity index (χ0n) is 27.3. The third kappa shape index (κ3) is 10.7. The fourth-order valence-corrected chi connectivity index (χ4v) is 4.72. The summed E-state index contributed by atoms with van der Waals surface area (Å²) in [5, 5.41) is 2.06. The second-order valence-corrected chi connectivity index (χ2v) is 10.6. The van der Waals surface area contributed by atoms with Crippen LogP contribution in [0, 0.1) is 6.92 Å². The van der Waals surface area contributed by atoms with E-state index in [-0.39, 0.29) is 19.4 Å². The van der Waals surface area contributed by atoms with Crippen LogP contribution in [0.2, 0.25) is 0 Å². The summed E-state index contributed by atoms with van der Waals surface area (Å²) in [4.78, 5) is 39.4. The highest BCUT2D eigenvalue weighted by atomic mass is 35.5. The normalized spacial score (nSPS) is 10.0. The van der Waals surface area contributed by atoms with Crippen molar-refractivity contribution in [2.75, 3.05) is 28.4 Å². The average molecular weight is 683 g/mol. The van der Waals surface area contributed by atoms with Gasteiger partial charge >= 0.3 is 11.9 Å². The summed E-state index contributed by atoms with van der Waals surface area (Å²) in [7, 11) is 5.98. The van der Waals surface area contributed by atoms with Crippen LogP contribution in [0.15, 0.2) is 97.6 Å². The van der Waals surface area contributed by atoms with Crippen LogP contribution in [0.25, 0.3) is 21.8 Å². The first-order valence-corrected chi connectivity index (χ1v) is 15.3. The molecule has 0 radical (unpaired) electrons. The van der Waals surface area contributed by atoms with Gasteiger partial charge in [0, 0.05) is 46.9 Å². The zero-order chi connectivity index (χ0) is 34.5. The lowest BCUT2D eigenvalue weighted by atomic mass is 10.1. The van der Waals surface area contributed by atoms with Gasteiger partial charge in [-0.25, -0.2) is 9.59 Å². The molecule has 0 unspecified atom stereocenters. The van der Waals surface area contributed by atoms with Gasteiger partial charge in [-0.3, -0.25) is 19.9 Å². The summed E-state index contributed by atoms with van der Waals surface area (Å²) in [5.74, 6) is 1.33. The summed E-state index contributed by atoms with van der Waals surface area (Å²) >= 11 is 5.75. The highest BCUT2D eigenvalue weighted by molar-refractivity contribution is 6.17. The maximum Gasteiger partial charge on any atom is 0.337 e. The summed E-state index contributed by atoms with van der Waals surface area (Å²) in [6.45, 7) is 1.83. The molecule has 6 aromatic rings. The second-order valence-electron chi connectivity index (χ2n) is 10.3. The molecule has 2 aromatic carbocycles. The van der Waals surface area contributed by atoms with Crippen molar-refractivity contribution in [1.82, 2.24) is 19.9 Å². The van der Waals surface area contributed by atoms with E-state index >= 15 is 0 Å². The molecule has 6 rings (SSSR count). The summed E-state index contributed by atoms with van der Waals surface area (Å²) < 4.78 is 19.6. The van der Waals surface area contributed by atoms with Gasteiger partial charge in [-0.05, 0) is 78.7 Å². The topological polar surface area (TPSA) is 123 Å². The molecule has 0 bridgehead atoms. The highest BCUT2D eigenvalue weighted by Gasteiger charge is 2.08. The molecule has 0 spiro atoms. The lowest BCUT2D eigenvalue weighted by molar-refractivity contribution is 0.0591. The van der Waals surface area contributed by atoms with Crippen molar-refractivity contribution in [2.24, 2.45) is 0 Å². The van der Waals surface area contributed by atoms with E-state index in [1.807, 2.05) is 49.4 Å². The fourth-order valence-electron chi connectivity index (χ4n) is 4.56. The molecule has 254 valence electrons. The maximum absolute atomic E-state index is 11.6. The van der Waals surface area contributed by atoms with Crippen molar-refractivity contribution in [3.63, 3.8) is 0 Å². The van der Waals surface area contributed by atoms with E-state index in [1.165, 1.54) is 14.2 Å². The van der Waals surface area contributed by atoms with Crippen molar-refractivity contribution in [3.05, 3.63) is 131 Å². The number of aromatic nitrogens is 4. The number of nitrogens with zero attached hydrogens (tertiary/aromatic N) is 4. The van der Waals surface area contributed by atoms with Crippen molar-refractivity contribution in [2.45, 2.75) is 26.7 Å². The summed E-state index contributed by atoms with van der Waals surface area (Å²) in [5.41, 5.74) is 6.71. The molecule has 4 aromatic heterocycles. The number of ether oxygens (including phenoxy) is 4. The van der Waals surface area contributed by atoms with Crippen LogP contribution in [0.4, 0.5) is 0 Å². The first kappa shape index (κ1) is 37.8. The van der Waals surface area contributed by atoms with E-state index in [4.69, 9.17) is 25.8 Å². The second kappa shape index (κ2) is 18.7. The molecule has 0 aliphatic carbocycles. The Balaban J connectivity index is 0.000000214. The first-order valence-electron chi connectivity index (χ1n) is 14.7. The van der Waals surface area contributed by atoms with Gasteiger partial charge in [-0.1, -0.05) is 19.6 Å². The van der Waals surface area contributed by atoms with Crippen LogP contribution < -0.4 is 9.47 Å². The number of methoxy groups -OCH3 is 4.